The number of hydrogen-bond donors (Lipinski definition) is 1. The summed E-state index contributed by atoms with van der Waals surface area (Å²) in [6, 6.07) is 11.9. The van der Waals surface area contributed by atoms with Crippen LogP contribution in [0.5, 0.6) is 5.75 Å². The third kappa shape index (κ3) is 4.95. The van der Waals surface area contributed by atoms with Crippen LogP contribution in [0.25, 0.3) is 11.1 Å². The summed E-state index contributed by atoms with van der Waals surface area (Å²) in [5.41, 5.74) is 8.61. The van der Waals surface area contributed by atoms with Gasteiger partial charge in [0.1, 0.15) is 5.75 Å². The van der Waals surface area contributed by atoms with E-state index in [2.05, 4.69) is 4.74 Å². The second kappa shape index (κ2) is 6.83. The first kappa shape index (κ1) is 17.3. The number of nitrogens with two attached hydrogens (primary N) is 1. The van der Waals surface area contributed by atoms with Crippen LogP contribution >= 0.6 is 12.4 Å². The molecule has 21 heavy (non-hydrogen) atoms. The molecule has 0 saturated heterocycles. The molecule has 114 valence electrons. The molecule has 6 heteroatoms. The average Bonchev–Trinajstić information content (AvgIpc) is 2.36. The average molecular weight is 318 g/mol. The van der Waals surface area contributed by atoms with Crippen LogP contribution in [0.2, 0.25) is 0 Å². The van der Waals surface area contributed by atoms with E-state index < -0.39 is 6.36 Å². The molecular weight excluding hydrogens is 303 g/mol. The third-order valence-corrected chi connectivity index (χ3v) is 2.79. The zero-order valence-corrected chi connectivity index (χ0v) is 12.1. The molecule has 2 aromatic carbocycles. The minimum Gasteiger partial charge on any atom is -0.406 e. The maximum absolute atomic E-state index is 12.3. The van der Waals surface area contributed by atoms with Gasteiger partial charge in [0.25, 0.3) is 0 Å². The number of halogens is 4. The molecule has 0 bridgehead atoms. The predicted molar refractivity (Wildman–Crippen MR) is 78.4 cm³/mol. The van der Waals surface area contributed by atoms with E-state index in [4.69, 9.17) is 5.73 Å². The number of ether oxygens (including phenoxy) is 1. The first-order valence-electron chi connectivity index (χ1n) is 6.04. The van der Waals surface area contributed by atoms with Crippen LogP contribution < -0.4 is 10.5 Å². The van der Waals surface area contributed by atoms with Gasteiger partial charge in [-0.2, -0.15) is 0 Å². The van der Waals surface area contributed by atoms with Gasteiger partial charge in [0.05, 0.1) is 0 Å². The zero-order valence-electron chi connectivity index (χ0n) is 11.3. The fourth-order valence-electron chi connectivity index (χ4n) is 1.96. The maximum atomic E-state index is 12.3. The molecule has 0 radical (unpaired) electrons. The van der Waals surface area contributed by atoms with E-state index in [1.807, 2.05) is 31.2 Å². The summed E-state index contributed by atoms with van der Waals surface area (Å²) in [6.07, 6.45) is -4.71. The number of aryl methyl sites for hydroxylation is 1. The minimum absolute atomic E-state index is 0. The summed E-state index contributed by atoms with van der Waals surface area (Å²) in [7, 11) is 0. The molecule has 0 saturated carbocycles. The van der Waals surface area contributed by atoms with Gasteiger partial charge in [-0.05, 0) is 41.8 Å². The Labute approximate surface area is 127 Å². The summed E-state index contributed by atoms with van der Waals surface area (Å²) in [6.45, 7) is 2.07. The van der Waals surface area contributed by atoms with Crippen LogP contribution in [-0.4, -0.2) is 6.36 Å². The molecule has 0 aliphatic rings. The van der Waals surface area contributed by atoms with Crippen LogP contribution in [0.4, 0.5) is 13.2 Å². The SMILES string of the molecule is Cc1cccc(-c2cc(CN)cc(OC(F)(F)F)c2)c1.Cl. The standard InChI is InChI=1S/C15H14F3NO.ClH/c1-10-3-2-4-12(5-10)13-6-11(9-19)7-14(8-13)20-15(16,17)18;/h2-8H,9,19H2,1H3;1H. The molecule has 0 aliphatic heterocycles. The Morgan fingerprint density at radius 2 is 1.76 bits per heavy atom. The molecule has 0 atom stereocenters. The molecular formula is C15H15ClF3NO. The maximum Gasteiger partial charge on any atom is 0.573 e. The molecule has 0 amide bonds. The lowest BCUT2D eigenvalue weighted by atomic mass is 10.0. The van der Waals surface area contributed by atoms with Gasteiger partial charge in [0, 0.05) is 6.54 Å². The second-order valence-electron chi connectivity index (χ2n) is 4.49. The van der Waals surface area contributed by atoms with Crippen molar-refractivity contribution in [2.24, 2.45) is 5.73 Å². The van der Waals surface area contributed by atoms with Gasteiger partial charge in [-0.1, -0.05) is 29.8 Å². The summed E-state index contributed by atoms with van der Waals surface area (Å²) in [5.74, 6) is -0.253. The minimum atomic E-state index is -4.71. The van der Waals surface area contributed by atoms with E-state index in [0.717, 1.165) is 11.1 Å². The van der Waals surface area contributed by atoms with E-state index in [-0.39, 0.29) is 24.7 Å². The summed E-state index contributed by atoms with van der Waals surface area (Å²) >= 11 is 0. The van der Waals surface area contributed by atoms with Gasteiger partial charge in [0.15, 0.2) is 0 Å². The van der Waals surface area contributed by atoms with Gasteiger partial charge < -0.3 is 10.5 Å². The quantitative estimate of drug-likeness (QED) is 0.908. The number of hydrogen-bond acceptors (Lipinski definition) is 2. The van der Waals surface area contributed by atoms with E-state index in [9.17, 15) is 13.2 Å². The molecule has 2 aromatic rings. The third-order valence-electron chi connectivity index (χ3n) is 2.79. The lowest BCUT2D eigenvalue weighted by molar-refractivity contribution is -0.274. The summed E-state index contributed by atoms with van der Waals surface area (Å²) in [4.78, 5) is 0. The van der Waals surface area contributed by atoms with Crippen LogP contribution in [-0.2, 0) is 6.54 Å². The summed E-state index contributed by atoms with van der Waals surface area (Å²) in [5, 5.41) is 0. The molecule has 0 aromatic heterocycles. The van der Waals surface area contributed by atoms with Crippen molar-refractivity contribution in [2.75, 3.05) is 0 Å². The Hall–Kier alpha value is -1.72. The molecule has 0 unspecified atom stereocenters. The molecule has 2 nitrogen and oxygen atoms in total. The van der Waals surface area contributed by atoms with E-state index >= 15 is 0 Å². The normalized spacial score (nSPS) is 10.9. The largest absolute Gasteiger partial charge is 0.573 e. The van der Waals surface area contributed by atoms with E-state index in [1.54, 1.807) is 6.07 Å². The molecule has 0 spiro atoms. The van der Waals surface area contributed by atoms with Crippen molar-refractivity contribution in [3.63, 3.8) is 0 Å². The Morgan fingerprint density at radius 1 is 1.05 bits per heavy atom. The van der Waals surface area contributed by atoms with Crippen molar-refractivity contribution >= 4 is 12.4 Å². The number of alkyl halides is 3. The van der Waals surface area contributed by atoms with E-state index in [1.165, 1.54) is 12.1 Å². The van der Waals surface area contributed by atoms with Gasteiger partial charge in [-0.3, -0.25) is 0 Å². The highest BCUT2D eigenvalue weighted by molar-refractivity contribution is 5.85. The zero-order chi connectivity index (χ0) is 14.8. The Bertz CT molecular complexity index is 614. The lowest BCUT2D eigenvalue weighted by Gasteiger charge is -2.12. The van der Waals surface area contributed by atoms with Crippen LogP contribution in [0.1, 0.15) is 11.1 Å². The molecule has 2 N–H and O–H groups in total. The van der Waals surface area contributed by atoms with Gasteiger partial charge >= 0.3 is 6.36 Å². The van der Waals surface area contributed by atoms with Crippen molar-refractivity contribution in [3.8, 4) is 16.9 Å². The predicted octanol–water partition coefficient (Wildman–Crippen LogP) is 4.44. The number of benzene rings is 2. The van der Waals surface area contributed by atoms with Crippen molar-refractivity contribution in [1.82, 2.24) is 0 Å². The van der Waals surface area contributed by atoms with Crippen molar-refractivity contribution < 1.29 is 17.9 Å². The highest BCUT2D eigenvalue weighted by Gasteiger charge is 2.31. The Kier molecular flexibility index (Phi) is 5.63. The highest BCUT2D eigenvalue weighted by Crippen LogP contribution is 2.30. The van der Waals surface area contributed by atoms with Crippen molar-refractivity contribution in [3.05, 3.63) is 53.6 Å². The van der Waals surface area contributed by atoms with Crippen LogP contribution in [0, 0.1) is 6.92 Å². The first-order chi connectivity index (χ1) is 9.37. The summed E-state index contributed by atoms with van der Waals surface area (Å²) < 4.78 is 40.9. The number of rotatable bonds is 3. The molecule has 0 heterocycles. The monoisotopic (exact) mass is 317 g/mol. The van der Waals surface area contributed by atoms with Crippen LogP contribution in [0.3, 0.4) is 0 Å². The smallest absolute Gasteiger partial charge is 0.406 e. The Morgan fingerprint density at radius 3 is 2.33 bits per heavy atom. The van der Waals surface area contributed by atoms with Crippen molar-refractivity contribution in [2.45, 2.75) is 19.8 Å². The molecule has 2 rings (SSSR count). The van der Waals surface area contributed by atoms with Crippen LogP contribution in [0.15, 0.2) is 42.5 Å². The molecule has 0 fully saturated rings. The van der Waals surface area contributed by atoms with Gasteiger partial charge in [-0.25, -0.2) is 0 Å². The van der Waals surface area contributed by atoms with Gasteiger partial charge in [-0.15, -0.1) is 25.6 Å². The highest BCUT2D eigenvalue weighted by atomic mass is 35.5. The lowest BCUT2D eigenvalue weighted by Crippen LogP contribution is -2.17. The van der Waals surface area contributed by atoms with E-state index in [0.29, 0.717) is 11.1 Å². The van der Waals surface area contributed by atoms with Gasteiger partial charge in [0.2, 0.25) is 0 Å². The Balaban J connectivity index is 0.00000220. The van der Waals surface area contributed by atoms with Crippen molar-refractivity contribution in [1.29, 1.82) is 0 Å². The topological polar surface area (TPSA) is 35.2 Å². The molecule has 0 aliphatic carbocycles. The fraction of sp³-hybridized carbons (Fsp3) is 0.200. The second-order valence-corrected chi connectivity index (χ2v) is 4.49. The fourth-order valence-corrected chi connectivity index (χ4v) is 1.96. The first-order valence-corrected chi connectivity index (χ1v) is 6.04.